The van der Waals surface area contributed by atoms with Gasteiger partial charge in [0.15, 0.2) is 0 Å². The van der Waals surface area contributed by atoms with Crippen LogP contribution in [0.2, 0.25) is 0 Å². The molecule has 2 rings (SSSR count). The van der Waals surface area contributed by atoms with E-state index in [0.29, 0.717) is 11.0 Å². The lowest BCUT2D eigenvalue weighted by Crippen LogP contribution is -2.38. The molecule has 0 amide bonds. The predicted molar refractivity (Wildman–Crippen MR) is 91.8 cm³/mol. The van der Waals surface area contributed by atoms with Crippen LogP contribution in [0, 0.1) is 5.92 Å². The first-order valence-electron chi connectivity index (χ1n) is 7.70. The molecule has 2 atom stereocenters. The summed E-state index contributed by atoms with van der Waals surface area (Å²) in [4.78, 5) is 2.86. The van der Waals surface area contributed by atoms with Gasteiger partial charge in [0.25, 0.3) is 0 Å². The Hall–Kier alpha value is -1.13. The number of ether oxygens (including phenoxy) is 1. The zero-order valence-corrected chi connectivity index (χ0v) is 14.1. The van der Waals surface area contributed by atoms with Gasteiger partial charge < -0.3 is 10.5 Å². The van der Waals surface area contributed by atoms with Crippen LogP contribution in [0.15, 0.2) is 18.2 Å². The molecule has 2 N–H and O–H groups in total. The van der Waals surface area contributed by atoms with Gasteiger partial charge in [-0.25, -0.2) is 0 Å². The van der Waals surface area contributed by atoms with E-state index in [9.17, 15) is 0 Å². The van der Waals surface area contributed by atoms with E-state index >= 15 is 0 Å². The smallest absolute Gasteiger partial charge is 0.129 e. The molecular weight excluding hydrogens is 280 g/mol. The molecule has 1 fully saturated rings. The van der Waals surface area contributed by atoms with Crippen LogP contribution in [0.4, 0.5) is 0 Å². The van der Waals surface area contributed by atoms with Gasteiger partial charge in [-0.15, -0.1) is 0 Å². The number of hydrogen-bond acceptors (Lipinski definition) is 3. The molecule has 0 aromatic heterocycles. The average Bonchev–Trinajstić information content (AvgIpc) is 2.47. The van der Waals surface area contributed by atoms with Gasteiger partial charge in [-0.3, -0.25) is 4.90 Å². The maximum atomic E-state index is 5.79. The summed E-state index contributed by atoms with van der Waals surface area (Å²) >= 11 is 5.12. The highest BCUT2D eigenvalue weighted by atomic mass is 32.1. The van der Waals surface area contributed by atoms with Crippen molar-refractivity contribution in [3.8, 4) is 5.75 Å². The lowest BCUT2D eigenvalue weighted by Gasteiger charge is -2.36. The lowest BCUT2D eigenvalue weighted by atomic mass is 9.85. The maximum absolute atomic E-state index is 5.79. The minimum Gasteiger partial charge on any atom is -0.496 e. The van der Waals surface area contributed by atoms with Crippen molar-refractivity contribution >= 4 is 17.2 Å². The van der Waals surface area contributed by atoms with Crippen LogP contribution < -0.4 is 10.5 Å². The predicted octanol–water partition coefficient (Wildman–Crippen LogP) is 3.34. The monoisotopic (exact) mass is 306 g/mol. The van der Waals surface area contributed by atoms with Crippen LogP contribution in [0.1, 0.15) is 43.7 Å². The summed E-state index contributed by atoms with van der Waals surface area (Å²) in [6.45, 7) is 3.30. The third-order valence-electron chi connectivity index (χ3n) is 4.59. The van der Waals surface area contributed by atoms with E-state index in [4.69, 9.17) is 22.7 Å². The molecule has 116 valence electrons. The van der Waals surface area contributed by atoms with Gasteiger partial charge in [-0.05, 0) is 43.5 Å². The van der Waals surface area contributed by atoms with Crippen molar-refractivity contribution in [2.75, 3.05) is 14.2 Å². The fourth-order valence-corrected chi connectivity index (χ4v) is 3.56. The highest BCUT2D eigenvalue weighted by Gasteiger charge is 2.24. The SMILES string of the molecule is COc1ccc(CN(C)C2CCCCC2C)cc1C(N)=S. The molecule has 3 nitrogen and oxygen atoms in total. The van der Waals surface area contributed by atoms with E-state index < -0.39 is 0 Å². The Morgan fingerprint density at radius 2 is 2.10 bits per heavy atom. The molecule has 0 aliphatic heterocycles. The highest BCUT2D eigenvalue weighted by molar-refractivity contribution is 7.80. The standard InChI is InChI=1S/C17H26N2OS/c1-12-6-4-5-7-15(12)19(2)11-13-8-9-16(20-3)14(10-13)17(18)21/h8-10,12,15H,4-7,11H2,1-3H3,(H2,18,21). The first-order valence-corrected chi connectivity index (χ1v) is 8.10. The number of hydrogen-bond donors (Lipinski definition) is 1. The molecule has 0 heterocycles. The largest absolute Gasteiger partial charge is 0.496 e. The summed E-state index contributed by atoms with van der Waals surface area (Å²) < 4.78 is 5.32. The van der Waals surface area contributed by atoms with Crippen LogP contribution >= 0.6 is 12.2 Å². The Kier molecular flexibility index (Phi) is 5.59. The van der Waals surface area contributed by atoms with Crippen molar-refractivity contribution < 1.29 is 4.74 Å². The first-order chi connectivity index (χ1) is 10.0. The van der Waals surface area contributed by atoms with E-state index in [0.717, 1.165) is 23.8 Å². The molecule has 0 bridgehead atoms. The summed E-state index contributed by atoms with van der Waals surface area (Å²) in [6, 6.07) is 6.80. The molecule has 1 aromatic carbocycles. The van der Waals surface area contributed by atoms with Crippen molar-refractivity contribution in [3.05, 3.63) is 29.3 Å². The van der Waals surface area contributed by atoms with Crippen molar-refractivity contribution in [3.63, 3.8) is 0 Å². The van der Waals surface area contributed by atoms with Crippen LogP contribution in [0.3, 0.4) is 0 Å². The molecule has 0 spiro atoms. The Labute approximate surface area is 133 Å². The van der Waals surface area contributed by atoms with E-state index in [1.54, 1.807) is 7.11 Å². The summed E-state index contributed by atoms with van der Waals surface area (Å²) in [5.41, 5.74) is 7.86. The van der Waals surface area contributed by atoms with Crippen molar-refractivity contribution in [1.29, 1.82) is 0 Å². The van der Waals surface area contributed by atoms with Crippen LogP contribution in [0.25, 0.3) is 0 Å². The molecule has 4 heteroatoms. The van der Waals surface area contributed by atoms with E-state index in [1.807, 2.05) is 6.07 Å². The molecule has 21 heavy (non-hydrogen) atoms. The van der Waals surface area contributed by atoms with E-state index in [1.165, 1.54) is 31.2 Å². The number of methoxy groups -OCH3 is 1. The summed E-state index contributed by atoms with van der Waals surface area (Å²) in [5.74, 6) is 1.52. The average molecular weight is 306 g/mol. The number of nitrogens with zero attached hydrogens (tertiary/aromatic N) is 1. The quantitative estimate of drug-likeness (QED) is 0.847. The Morgan fingerprint density at radius 1 is 1.38 bits per heavy atom. The second kappa shape index (κ2) is 7.23. The second-order valence-corrected chi connectivity index (χ2v) is 6.58. The molecule has 1 aliphatic carbocycles. The van der Waals surface area contributed by atoms with Gasteiger partial charge in [0.05, 0.1) is 12.7 Å². The van der Waals surface area contributed by atoms with E-state index in [2.05, 4.69) is 31.0 Å². The van der Waals surface area contributed by atoms with Gasteiger partial charge in [0.1, 0.15) is 10.7 Å². The van der Waals surface area contributed by atoms with Gasteiger partial charge in [-0.2, -0.15) is 0 Å². The second-order valence-electron chi connectivity index (χ2n) is 6.14. The number of thiocarbonyl (C=S) groups is 1. The van der Waals surface area contributed by atoms with Crippen LogP contribution in [-0.4, -0.2) is 30.1 Å². The zero-order chi connectivity index (χ0) is 15.4. The van der Waals surface area contributed by atoms with E-state index in [-0.39, 0.29) is 0 Å². The third-order valence-corrected chi connectivity index (χ3v) is 4.81. The zero-order valence-electron chi connectivity index (χ0n) is 13.3. The summed E-state index contributed by atoms with van der Waals surface area (Å²) in [7, 11) is 3.86. The number of rotatable bonds is 5. The summed E-state index contributed by atoms with van der Waals surface area (Å²) in [5, 5.41) is 0. The molecule has 1 saturated carbocycles. The Balaban J connectivity index is 2.11. The fourth-order valence-electron chi connectivity index (χ4n) is 3.40. The highest BCUT2D eigenvalue weighted by Crippen LogP contribution is 2.29. The molecule has 0 radical (unpaired) electrons. The molecule has 2 unspecified atom stereocenters. The molecule has 0 saturated heterocycles. The molecule has 1 aliphatic rings. The minimum absolute atomic E-state index is 0.391. The Bertz CT molecular complexity index is 504. The third kappa shape index (κ3) is 3.95. The summed E-state index contributed by atoms with van der Waals surface area (Å²) in [6.07, 6.45) is 5.37. The fraction of sp³-hybridized carbons (Fsp3) is 0.588. The van der Waals surface area contributed by atoms with Gasteiger partial charge >= 0.3 is 0 Å². The van der Waals surface area contributed by atoms with Gasteiger partial charge in [-0.1, -0.05) is 38.0 Å². The van der Waals surface area contributed by atoms with Crippen molar-refractivity contribution in [2.45, 2.75) is 45.2 Å². The maximum Gasteiger partial charge on any atom is 0.129 e. The van der Waals surface area contributed by atoms with Crippen LogP contribution in [-0.2, 0) is 6.54 Å². The minimum atomic E-state index is 0.391. The number of benzene rings is 1. The number of nitrogens with two attached hydrogens (primary N) is 1. The molecule has 1 aromatic rings. The lowest BCUT2D eigenvalue weighted by molar-refractivity contribution is 0.133. The van der Waals surface area contributed by atoms with Crippen molar-refractivity contribution in [1.82, 2.24) is 4.90 Å². The Morgan fingerprint density at radius 3 is 2.71 bits per heavy atom. The van der Waals surface area contributed by atoms with Crippen molar-refractivity contribution in [2.24, 2.45) is 11.7 Å². The topological polar surface area (TPSA) is 38.5 Å². The van der Waals surface area contributed by atoms with Gasteiger partial charge in [0, 0.05) is 12.6 Å². The molecular formula is C17H26N2OS. The van der Waals surface area contributed by atoms with Crippen LogP contribution in [0.5, 0.6) is 5.75 Å². The van der Waals surface area contributed by atoms with Gasteiger partial charge in [0.2, 0.25) is 0 Å². The first kappa shape index (κ1) is 16.2. The normalized spacial score (nSPS) is 22.3.